The van der Waals surface area contributed by atoms with E-state index in [9.17, 15) is 9.59 Å². The topological polar surface area (TPSA) is 75.6 Å². The van der Waals surface area contributed by atoms with E-state index in [0.717, 1.165) is 0 Å². The lowest BCUT2D eigenvalue weighted by atomic mass is 9.97. The number of carbonyl (C=O) groups is 2. The highest BCUT2D eigenvalue weighted by Gasteiger charge is 2.19. The van der Waals surface area contributed by atoms with Crippen LogP contribution in [0.5, 0.6) is 0 Å². The molecule has 2 radical (unpaired) electrons. The van der Waals surface area contributed by atoms with Gasteiger partial charge < -0.3 is 15.2 Å². The lowest BCUT2D eigenvalue weighted by Crippen LogP contribution is -2.43. The summed E-state index contributed by atoms with van der Waals surface area (Å²) in [4.78, 5) is 21.1. The van der Waals surface area contributed by atoms with E-state index in [2.05, 4.69) is 0 Å². The predicted octanol–water partition coefficient (Wildman–Crippen LogP) is 0.0903. The molecular weight excluding hydrogens is 173 g/mol. The Bertz CT molecular complexity index is 211. The van der Waals surface area contributed by atoms with E-state index in [-0.39, 0.29) is 0 Å². The van der Waals surface area contributed by atoms with Crippen LogP contribution in [0.25, 0.3) is 0 Å². The summed E-state index contributed by atoms with van der Waals surface area (Å²) in [6.45, 7) is 5.00. The Morgan fingerprint density at radius 2 is 1.92 bits per heavy atom. The molecule has 1 atom stereocenters. The molecule has 0 bridgehead atoms. The third-order valence-corrected chi connectivity index (χ3v) is 0.938. The van der Waals surface area contributed by atoms with Crippen LogP contribution in [-0.2, 0) is 9.53 Å². The number of hydrogen-bond donors (Lipinski definition) is 2. The molecular formula is C7H12BNO4. The molecule has 0 aliphatic carbocycles. The van der Waals surface area contributed by atoms with Crippen molar-refractivity contribution in [2.45, 2.75) is 32.3 Å². The Labute approximate surface area is 77.9 Å². The van der Waals surface area contributed by atoms with Gasteiger partial charge in [-0.15, -0.1) is 0 Å². The summed E-state index contributed by atoms with van der Waals surface area (Å²) >= 11 is 0. The number of amides is 1. The molecule has 1 amide bonds. The smallest absolute Gasteiger partial charge is 0.407 e. The second kappa shape index (κ2) is 4.16. The SMILES string of the molecule is [B][C@@H](NC(=O)OC(C)(C)C)C(=O)O. The normalized spacial score (nSPS) is 13.2. The summed E-state index contributed by atoms with van der Waals surface area (Å²) in [7, 11) is 5.02. The zero-order chi connectivity index (χ0) is 10.6. The molecule has 2 N–H and O–H groups in total. The first-order valence-corrected chi connectivity index (χ1v) is 3.70. The monoisotopic (exact) mass is 185 g/mol. The van der Waals surface area contributed by atoms with Gasteiger partial charge in [0.15, 0.2) is 0 Å². The average Bonchev–Trinajstić information content (AvgIpc) is 1.81. The largest absolute Gasteiger partial charge is 0.480 e. The third kappa shape index (κ3) is 6.01. The van der Waals surface area contributed by atoms with Crippen molar-refractivity contribution in [3.63, 3.8) is 0 Å². The fourth-order valence-electron chi connectivity index (χ4n) is 0.496. The van der Waals surface area contributed by atoms with E-state index in [4.69, 9.17) is 17.7 Å². The maximum atomic E-state index is 10.9. The Kier molecular flexibility index (Phi) is 3.78. The molecule has 72 valence electrons. The van der Waals surface area contributed by atoms with Crippen molar-refractivity contribution in [1.29, 1.82) is 0 Å². The molecule has 0 aromatic rings. The number of alkyl carbamates (subject to hydrolysis) is 1. The van der Waals surface area contributed by atoms with E-state index in [1.165, 1.54) is 0 Å². The van der Waals surface area contributed by atoms with Crippen molar-refractivity contribution >= 4 is 19.9 Å². The standard InChI is InChI=1S/C7H12BNO4/c1-7(2,3)13-6(12)9-4(8)5(10)11/h4H,1-3H3,(H,9,12)(H,10,11)/t4-/m0/s1. The van der Waals surface area contributed by atoms with Crippen molar-refractivity contribution < 1.29 is 19.4 Å². The molecule has 0 fully saturated rings. The van der Waals surface area contributed by atoms with E-state index in [1.807, 2.05) is 5.32 Å². The van der Waals surface area contributed by atoms with Crippen LogP contribution in [0, 0.1) is 0 Å². The summed E-state index contributed by atoms with van der Waals surface area (Å²) in [6.07, 6.45) is -0.845. The zero-order valence-electron chi connectivity index (χ0n) is 7.83. The highest BCUT2D eigenvalue weighted by atomic mass is 16.6. The number of nitrogens with one attached hydrogen (secondary N) is 1. The zero-order valence-corrected chi connectivity index (χ0v) is 7.83. The first-order chi connectivity index (χ1) is 5.72. The molecule has 0 saturated carbocycles. The van der Waals surface area contributed by atoms with Crippen LogP contribution in [0.4, 0.5) is 4.79 Å². The Hall–Kier alpha value is -1.20. The number of aliphatic carboxylic acids is 1. The van der Waals surface area contributed by atoms with Gasteiger partial charge in [0.25, 0.3) is 0 Å². The summed E-state index contributed by atoms with van der Waals surface area (Å²) in [5.74, 6) is -2.75. The van der Waals surface area contributed by atoms with Crippen molar-refractivity contribution in [1.82, 2.24) is 5.32 Å². The number of carboxylic acids is 1. The van der Waals surface area contributed by atoms with Crippen molar-refractivity contribution in [2.24, 2.45) is 0 Å². The van der Waals surface area contributed by atoms with Gasteiger partial charge in [-0.3, -0.25) is 4.79 Å². The molecule has 0 rings (SSSR count). The molecule has 0 aromatic heterocycles. The summed E-state index contributed by atoms with van der Waals surface area (Å²) in [6, 6.07) is 0. The molecule has 0 aromatic carbocycles. The molecule has 0 saturated heterocycles. The molecule has 0 spiro atoms. The Morgan fingerprint density at radius 1 is 1.46 bits per heavy atom. The molecule has 5 nitrogen and oxygen atoms in total. The Balaban J connectivity index is 3.96. The van der Waals surface area contributed by atoms with Gasteiger partial charge in [0.1, 0.15) is 13.4 Å². The first-order valence-electron chi connectivity index (χ1n) is 3.70. The minimum absolute atomic E-state index is 0.664. The van der Waals surface area contributed by atoms with E-state index in [0.29, 0.717) is 0 Å². The maximum absolute atomic E-state index is 10.9. The van der Waals surface area contributed by atoms with Gasteiger partial charge in [-0.1, -0.05) is 0 Å². The van der Waals surface area contributed by atoms with Gasteiger partial charge in [0.2, 0.25) is 0 Å². The summed E-state index contributed by atoms with van der Waals surface area (Å²) in [5, 5.41) is 10.3. The van der Waals surface area contributed by atoms with Crippen LogP contribution < -0.4 is 5.32 Å². The van der Waals surface area contributed by atoms with Crippen LogP contribution in [0.3, 0.4) is 0 Å². The highest BCUT2D eigenvalue weighted by Crippen LogP contribution is 2.06. The number of ether oxygens (including phenoxy) is 1. The molecule has 0 aliphatic rings. The maximum Gasteiger partial charge on any atom is 0.407 e. The second-order valence-electron chi connectivity index (χ2n) is 3.46. The molecule has 0 heterocycles. The molecule has 0 unspecified atom stereocenters. The van der Waals surface area contributed by atoms with Gasteiger partial charge in [-0.05, 0) is 20.8 Å². The lowest BCUT2D eigenvalue weighted by Gasteiger charge is -2.20. The predicted molar refractivity (Wildman–Crippen MR) is 46.5 cm³/mol. The quantitative estimate of drug-likeness (QED) is 0.597. The van der Waals surface area contributed by atoms with Gasteiger partial charge in [0.05, 0.1) is 5.94 Å². The fraction of sp³-hybridized carbons (Fsp3) is 0.714. The summed E-state index contributed by atoms with van der Waals surface area (Å²) < 4.78 is 4.77. The van der Waals surface area contributed by atoms with Gasteiger partial charge in [-0.2, -0.15) is 0 Å². The number of carboxylic acid groups (broad SMARTS) is 1. The van der Waals surface area contributed by atoms with Crippen LogP contribution in [0.2, 0.25) is 0 Å². The first kappa shape index (κ1) is 11.8. The lowest BCUT2D eigenvalue weighted by molar-refractivity contribution is -0.137. The van der Waals surface area contributed by atoms with E-state index < -0.39 is 23.6 Å². The van der Waals surface area contributed by atoms with Crippen LogP contribution in [-0.4, -0.2) is 36.6 Å². The van der Waals surface area contributed by atoms with Gasteiger partial charge in [0, 0.05) is 0 Å². The molecule has 6 heteroatoms. The summed E-state index contributed by atoms with van der Waals surface area (Å²) in [5.41, 5.74) is -0.664. The second-order valence-corrected chi connectivity index (χ2v) is 3.46. The van der Waals surface area contributed by atoms with Crippen LogP contribution >= 0.6 is 0 Å². The third-order valence-electron chi connectivity index (χ3n) is 0.938. The van der Waals surface area contributed by atoms with Crippen LogP contribution in [0.15, 0.2) is 0 Å². The van der Waals surface area contributed by atoms with E-state index in [1.54, 1.807) is 20.8 Å². The van der Waals surface area contributed by atoms with Gasteiger partial charge >= 0.3 is 12.1 Å². The minimum Gasteiger partial charge on any atom is -0.480 e. The van der Waals surface area contributed by atoms with Gasteiger partial charge in [-0.25, -0.2) is 4.79 Å². The van der Waals surface area contributed by atoms with E-state index >= 15 is 0 Å². The van der Waals surface area contributed by atoms with Crippen molar-refractivity contribution in [3.05, 3.63) is 0 Å². The highest BCUT2D eigenvalue weighted by molar-refractivity contribution is 6.23. The average molecular weight is 185 g/mol. The fourth-order valence-corrected chi connectivity index (χ4v) is 0.496. The molecule has 13 heavy (non-hydrogen) atoms. The van der Waals surface area contributed by atoms with Crippen molar-refractivity contribution in [3.8, 4) is 0 Å². The minimum atomic E-state index is -1.44. The van der Waals surface area contributed by atoms with Crippen LogP contribution in [0.1, 0.15) is 20.8 Å². The number of carbonyl (C=O) groups excluding carboxylic acids is 1. The Morgan fingerprint density at radius 3 is 2.23 bits per heavy atom. The van der Waals surface area contributed by atoms with Crippen molar-refractivity contribution in [2.75, 3.05) is 0 Å². The number of rotatable bonds is 2. The number of hydrogen-bond acceptors (Lipinski definition) is 3. The molecule has 0 aliphatic heterocycles.